The summed E-state index contributed by atoms with van der Waals surface area (Å²) >= 11 is 0. The van der Waals surface area contributed by atoms with Crippen LogP contribution in [0.15, 0.2) is 107 Å². The Bertz CT molecular complexity index is 2620. The summed E-state index contributed by atoms with van der Waals surface area (Å²) in [6, 6.07) is 24.0. The molecule has 0 fully saturated rings. The van der Waals surface area contributed by atoms with Gasteiger partial charge in [-0.2, -0.15) is 46.7 Å². The Kier molecular flexibility index (Phi) is 11.6. The van der Waals surface area contributed by atoms with Gasteiger partial charge >= 0.3 is 0 Å². The van der Waals surface area contributed by atoms with E-state index in [0.717, 1.165) is 12.1 Å². The van der Waals surface area contributed by atoms with Gasteiger partial charge in [0.15, 0.2) is 11.6 Å². The van der Waals surface area contributed by atoms with Crippen molar-refractivity contribution in [1.29, 1.82) is 5.41 Å². The Hall–Kier alpha value is -6.45. The summed E-state index contributed by atoms with van der Waals surface area (Å²) in [5, 5.41) is 21.1. The maximum absolute atomic E-state index is 12.8. The monoisotopic (exact) mass is 796 g/mol. The van der Waals surface area contributed by atoms with Crippen molar-refractivity contribution in [3.63, 3.8) is 0 Å². The largest absolute Gasteiger partial charge is 0.354 e. The molecule has 6 aromatic rings. The number of hydrogen-bond donors (Lipinski definition) is 8. The highest BCUT2D eigenvalue weighted by Gasteiger charge is 2.29. The third-order valence-corrected chi connectivity index (χ3v) is 9.81. The highest BCUT2D eigenvalue weighted by Crippen LogP contribution is 2.32. The molecule has 0 aliphatic carbocycles. The van der Waals surface area contributed by atoms with Crippen molar-refractivity contribution in [2.75, 3.05) is 34.4 Å². The summed E-state index contributed by atoms with van der Waals surface area (Å²) in [6.45, 7) is 4.60. The fourth-order valence-corrected chi connectivity index (χ4v) is 6.97. The minimum Gasteiger partial charge on any atom is -0.354 e. The highest BCUT2D eigenvalue weighted by atomic mass is 32.2. The Morgan fingerprint density at radius 3 is 1.50 bits per heavy atom. The fourth-order valence-electron chi connectivity index (χ4n) is 5.47. The molecule has 20 heteroatoms. The van der Waals surface area contributed by atoms with E-state index in [2.05, 4.69) is 51.2 Å². The van der Waals surface area contributed by atoms with Crippen molar-refractivity contribution in [1.82, 2.24) is 29.9 Å². The second-order valence-corrected chi connectivity index (χ2v) is 14.7. The molecule has 0 spiro atoms. The normalized spacial score (nSPS) is 12.1. The molecule has 18 nitrogen and oxygen atoms in total. The van der Waals surface area contributed by atoms with Crippen LogP contribution in [-0.4, -0.2) is 74.6 Å². The molecule has 6 rings (SSSR count). The van der Waals surface area contributed by atoms with Crippen molar-refractivity contribution in [2.45, 2.75) is 29.7 Å². The summed E-state index contributed by atoms with van der Waals surface area (Å²) in [4.78, 5) is 25.0. The Balaban J connectivity index is 1.37. The first-order valence-corrected chi connectivity index (χ1v) is 19.8. The fraction of sp³-hybridized carbons (Fsp3) is 0.139. The summed E-state index contributed by atoms with van der Waals surface area (Å²) in [7, 11) is -10.0. The maximum atomic E-state index is 12.8. The number of aromatic nitrogens is 6. The number of nitrogens with two attached hydrogens (primary N) is 1. The zero-order chi connectivity index (χ0) is 40.0. The molecule has 9 N–H and O–H groups in total. The molecule has 2 heterocycles. The molecule has 2 aromatic heterocycles. The lowest BCUT2D eigenvalue weighted by molar-refractivity contribution is 0.479. The van der Waals surface area contributed by atoms with Gasteiger partial charge in [-0.3, -0.25) is 9.11 Å². The smallest absolute Gasteiger partial charge is 0.295 e. The van der Waals surface area contributed by atoms with E-state index in [1.165, 1.54) is 24.3 Å². The summed E-state index contributed by atoms with van der Waals surface area (Å²) in [5.41, 5.74) is 6.90. The molecule has 0 saturated heterocycles. The van der Waals surface area contributed by atoms with Gasteiger partial charge in [-0.15, -0.1) is 0 Å². The molecule has 4 aromatic carbocycles. The van der Waals surface area contributed by atoms with Crippen LogP contribution < -0.4 is 27.0 Å². The summed E-state index contributed by atoms with van der Waals surface area (Å²) < 4.78 is 71.9. The van der Waals surface area contributed by atoms with E-state index in [1.807, 2.05) is 50.2 Å². The first kappa shape index (κ1) is 39.2. The second-order valence-electron chi connectivity index (χ2n) is 12.0. The lowest BCUT2D eigenvalue weighted by Gasteiger charge is -2.19. The minimum absolute atomic E-state index is 0.0312. The van der Waals surface area contributed by atoms with Gasteiger partial charge in [-0.25, -0.2) is 0 Å². The number of hydrogen-bond acceptors (Lipinski definition) is 16. The first-order valence-electron chi connectivity index (χ1n) is 17.0. The van der Waals surface area contributed by atoms with Gasteiger partial charge in [0.2, 0.25) is 23.8 Å². The number of para-hydroxylation sites is 2. The second kappa shape index (κ2) is 16.5. The molecule has 0 radical (unpaired) electrons. The van der Waals surface area contributed by atoms with Gasteiger partial charge in [0.05, 0.1) is 16.6 Å². The molecule has 56 heavy (non-hydrogen) atoms. The average molecular weight is 797 g/mol. The van der Waals surface area contributed by atoms with E-state index in [1.54, 1.807) is 24.3 Å². The molecule has 0 aliphatic heterocycles. The van der Waals surface area contributed by atoms with E-state index in [4.69, 9.17) is 11.1 Å². The molecule has 0 aliphatic rings. The number of nitrogens with zero attached hydrogens (tertiary/aromatic N) is 6. The SMILES string of the molecule is CCNc1nc(Nc2ccccc2)nc(-c2ccc(C(=N)C(N)c3ccc(-c4nc(NCC)nc(Nc5ccccc5)n4)cc3S(=O)(=O)O)c(S(=O)(=O)O)c2)n1. The Morgan fingerprint density at radius 1 is 0.625 bits per heavy atom. The van der Waals surface area contributed by atoms with E-state index in [9.17, 15) is 25.9 Å². The molecule has 1 unspecified atom stereocenters. The number of anilines is 6. The predicted octanol–water partition coefficient (Wildman–Crippen LogP) is 5.30. The predicted molar refractivity (Wildman–Crippen MR) is 212 cm³/mol. The van der Waals surface area contributed by atoms with E-state index in [0.29, 0.717) is 24.5 Å². The molecule has 0 bridgehead atoms. The highest BCUT2D eigenvalue weighted by molar-refractivity contribution is 7.86. The van der Waals surface area contributed by atoms with E-state index < -0.39 is 41.8 Å². The zero-order valence-corrected chi connectivity index (χ0v) is 31.5. The standard InChI is InChI=1S/C36H36N12O6S2/c1-3-39-33-43-31(45-35(47-33)41-23-11-7-5-8-12-23)21-15-17-25(27(19-21)55(49,50)51)29(37)30(38)26-18-16-22(20-28(26)56(52,53)54)32-44-34(40-4-2)48-36(46-32)42-24-13-9-6-10-14-24/h5-20,29,38H,3-4,37H2,1-2H3,(H,49,50,51)(H,52,53,54)(H2,39,41,43,45,47)(H2,40,42,44,46,48). The molecule has 0 saturated carbocycles. The maximum Gasteiger partial charge on any atom is 0.295 e. The number of rotatable bonds is 15. The van der Waals surface area contributed by atoms with Crippen LogP contribution in [0.3, 0.4) is 0 Å². The van der Waals surface area contributed by atoms with Crippen LogP contribution in [0, 0.1) is 5.41 Å². The number of benzene rings is 4. The lowest BCUT2D eigenvalue weighted by Crippen LogP contribution is -2.25. The van der Waals surface area contributed by atoms with Crippen LogP contribution in [0.25, 0.3) is 22.8 Å². The third-order valence-electron chi connectivity index (χ3n) is 8.00. The quantitative estimate of drug-likeness (QED) is 0.0483. The lowest BCUT2D eigenvalue weighted by atomic mass is 9.95. The van der Waals surface area contributed by atoms with Crippen LogP contribution >= 0.6 is 0 Å². The number of nitrogens with one attached hydrogen (secondary N) is 5. The summed E-state index contributed by atoms with van der Waals surface area (Å²) in [6.07, 6.45) is 0. The van der Waals surface area contributed by atoms with Gasteiger partial charge in [0.1, 0.15) is 4.90 Å². The molecule has 0 amide bonds. The molecule has 1 atom stereocenters. The molecule has 288 valence electrons. The van der Waals surface area contributed by atoms with Crippen LogP contribution in [0.4, 0.5) is 35.2 Å². The van der Waals surface area contributed by atoms with Crippen LogP contribution in [-0.2, 0) is 20.2 Å². The van der Waals surface area contributed by atoms with Crippen LogP contribution in [0.5, 0.6) is 0 Å². The van der Waals surface area contributed by atoms with E-state index >= 15 is 0 Å². The van der Waals surface area contributed by atoms with Crippen LogP contribution in [0.1, 0.15) is 31.0 Å². The van der Waals surface area contributed by atoms with Gasteiger partial charge in [0, 0.05) is 41.2 Å². The third kappa shape index (κ3) is 9.25. The first-order chi connectivity index (χ1) is 26.7. The van der Waals surface area contributed by atoms with E-state index in [-0.39, 0.29) is 57.7 Å². The van der Waals surface area contributed by atoms with Gasteiger partial charge in [0.25, 0.3) is 20.2 Å². The van der Waals surface area contributed by atoms with Crippen LogP contribution in [0.2, 0.25) is 0 Å². The molecular formula is C36H36N12O6S2. The Labute approximate surface area is 322 Å². The zero-order valence-electron chi connectivity index (χ0n) is 29.8. The summed E-state index contributed by atoms with van der Waals surface area (Å²) in [5.74, 6) is 0.729. The van der Waals surface area contributed by atoms with Crippen molar-refractivity contribution >= 4 is 61.1 Å². The van der Waals surface area contributed by atoms with Crippen molar-refractivity contribution in [2.24, 2.45) is 5.73 Å². The van der Waals surface area contributed by atoms with Crippen molar-refractivity contribution in [3.8, 4) is 22.8 Å². The molecular weight excluding hydrogens is 761 g/mol. The van der Waals surface area contributed by atoms with Gasteiger partial charge in [-0.1, -0.05) is 60.7 Å². The topological polar surface area (TPSA) is 284 Å². The van der Waals surface area contributed by atoms with Crippen molar-refractivity contribution < 1.29 is 25.9 Å². The minimum atomic E-state index is -5.02. The Morgan fingerprint density at radius 2 is 1.05 bits per heavy atom. The average Bonchev–Trinajstić information content (AvgIpc) is 3.17. The van der Waals surface area contributed by atoms with Gasteiger partial charge < -0.3 is 32.4 Å². The van der Waals surface area contributed by atoms with Gasteiger partial charge in [-0.05, 0) is 55.8 Å². The van der Waals surface area contributed by atoms with Crippen molar-refractivity contribution in [3.05, 3.63) is 108 Å².